The molecule has 1 spiro atoms. The minimum absolute atomic E-state index is 0. The number of halogens is 1. The summed E-state index contributed by atoms with van der Waals surface area (Å²) in [5.41, 5.74) is 0.395. The minimum atomic E-state index is 0. The molecule has 0 radical (unpaired) electrons. The van der Waals surface area contributed by atoms with E-state index in [-0.39, 0.29) is 24.0 Å². The second-order valence-corrected chi connectivity index (χ2v) is 6.52. The van der Waals surface area contributed by atoms with Gasteiger partial charge in [0.15, 0.2) is 5.96 Å². The van der Waals surface area contributed by atoms with E-state index in [4.69, 9.17) is 4.74 Å². The SMILES string of the molecule is CN=C(NCCN(C)C(C)C)N1CCC2(CCOC2)C1.I. The maximum atomic E-state index is 5.59. The first-order valence-electron chi connectivity index (χ1n) is 7.80. The smallest absolute Gasteiger partial charge is 0.193 e. The van der Waals surface area contributed by atoms with E-state index in [0.717, 1.165) is 45.4 Å². The molecule has 2 saturated heterocycles. The number of hydrogen-bond acceptors (Lipinski definition) is 3. The van der Waals surface area contributed by atoms with Crippen LogP contribution < -0.4 is 5.32 Å². The van der Waals surface area contributed by atoms with E-state index in [1.54, 1.807) is 0 Å². The Morgan fingerprint density at radius 3 is 2.76 bits per heavy atom. The van der Waals surface area contributed by atoms with Crippen molar-refractivity contribution in [1.82, 2.24) is 15.1 Å². The Morgan fingerprint density at radius 2 is 2.19 bits per heavy atom. The van der Waals surface area contributed by atoms with Gasteiger partial charge in [-0.25, -0.2) is 0 Å². The zero-order valence-electron chi connectivity index (χ0n) is 13.9. The zero-order chi connectivity index (χ0) is 14.6. The average Bonchev–Trinajstić information content (AvgIpc) is 3.05. The number of nitrogens with zero attached hydrogens (tertiary/aromatic N) is 3. The number of aliphatic imine (C=N–C) groups is 1. The third-order valence-electron chi connectivity index (χ3n) is 4.76. The van der Waals surface area contributed by atoms with Crippen LogP contribution in [0.1, 0.15) is 26.7 Å². The first kappa shape index (κ1) is 19.0. The highest BCUT2D eigenvalue weighted by Gasteiger charge is 2.42. The first-order chi connectivity index (χ1) is 9.56. The van der Waals surface area contributed by atoms with Crippen LogP contribution in [0, 0.1) is 5.41 Å². The molecule has 2 heterocycles. The van der Waals surface area contributed by atoms with Crippen LogP contribution in [0.5, 0.6) is 0 Å². The Bertz CT molecular complexity index is 343. The van der Waals surface area contributed by atoms with E-state index >= 15 is 0 Å². The average molecular weight is 410 g/mol. The lowest BCUT2D eigenvalue weighted by atomic mass is 9.87. The molecule has 2 rings (SSSR count). The molecular formula is C15H31IN4O. The fourth-order valence-electron chi connectivity index (χ4n) is 3.02. The molecule has 2 fully saturated rings. The largest absolute Gasteiger partial charge is 0.381 e. The van der Waals surface area contributed by atoms with Gasteiger partial charge in [-0.2, -0.15) is 0 Å². The lowest BCUT2D eigenvalue weighted by molar-refractivity contribution is 0.156. The maximum absolute atomic E-state index is 5.59. The number of likely N-dealkylation sites (tertiary alicyclic amines) is 1. The van der Waals surface area contributed by atoms with Gasteiger partial charge in [0.25, 0.3) is 0 Å². The monoisotopic (exact) mass is 410 g/mol. The third-order valence-corrected chi connectivity index (χ3v) is 4.76. The molecule has 0 aromatic carbocycles. The topological polar surface area (TPSA) is 40.1 Å². The van der Waals surface area contributed by atoms with Gasteiger partial charge in [0.2, 0.25) is 0 Å². The third kappa shape index (κ3) is 4.96. The van der Waals surface area contributed by atoms with Crippen LogP contribution in [-0.2, 0) is 4.74 Å². The van der Waals surface area contributed by atoms with Crippen molar-refractivity contribution >= 4 is 29.9 Å². The van der Waals surface area contributed by atoms with Crippen molar-refractivity contribution in [3.8, 4) is 0 Å². The van der Waals surface area contributed by atoms with E-state index in [0.29, 0.717) is 11.5 Å². The van der Waals surface area contributed by atoms with Crippen molar-refractivity contribution in [2.45, 2.75) is 32.7 Å². The second-order valence-electron chi connectivity index (χ2n) is 6.52. The molecule has 0 saturated carbocycles. The Balaban J connectivity index is 0.00000220. The molecule has 6 heteroatoms. The number of nitrogens with one attached hydrogen (secondary N) is 1. The molecule has 0 aliphatic carbocycles. The molecule has 1 unspecified atom stereocenters. The van der Waals surface area contributed by atoms with Crippen LogP contribution in [0.15, 0.2) is 4.99 Å². The quantitative estimate of drug-likeness (QED) is 0.435. The molecule has 1 atom stereocenters. The van der Waals surface area contributed by atoms with Gasteiger partial charge in [0, 0.05) is 51.3 Å². The summed E-state index contributed by atoms with van der Waals surface area (Å²) in [6, 6.07) is 0.588. The fourth-order valence-corrected chi connectivity index (χ4v) is 3.02. The van der Waals surface area contributed by atoms with Crippen molar-refractivity contribution in [1.29, 1.82) is 0 Å². The summed E-state index contributed by atoms with van der Waals surface area (Å²) in [4.78, 5) is 9.18. The number of rotatable bonds is 4. The lowest BCUT2D eigenvalue weighted by Crippen LogP contribution is -2.44. The summed E-state index contributed by atoms with van der Waals surface area (Å²) in [6.45, 7) is 10.5. The van der Waals surface area contributed by atoms with E-state index in [9.17, 15) is 0 Å². The summed E-state index contributed by atoms with van der Waals surface area (Å²) in [5, 5.41) is 3.50. The number of ether oxygens (including phenoxy) is 1. The van der Waals surface area contributed by atoms with Crippen LogP contribution in [0.25, 0.3) is 0 Å². The normalized spacial score (nSPS) is 26.0. The standard InChI is InChI=1S/C15H30N4O.HI/c1-13(2)18(4)9-7-17-14(16-3)19-8-5-15(11-19)6-10-20-12-15;/h13H,5-12H2,1-4H3,(H,16,17);1H. The van der Waals surface area contributed by atoms with Crippen LogP contribution in [0.2, 0.25) is 0 Å². The molecule has 5 nitrogen and oxygen atoms in total. The molecule has 21 heavy (non-hydrogen) atoms. The minimum Gasteiger partial charge on any atom is -0.381 e. The van der Waals surface area contributed by atoms with Gasteiger partial charge in [-0.05, 0) is 33.7 Å². The fraction of sp³-hybridized carbons (Fsp3) is 0.933. The molecule has 0 aromatic rings. The van der Waals surface area contributed by atoms with E-state index < -0.39 is 0 Å². The van der Waals surface area contributed by atoms with Gasteiger partial charge in [-0.1, -0.05) is 0 Å². The molecular weight excluding hydrogens is 379 g/mol. The van der Waals surface area contributed by atoms with Crippen molar-refractivity contribution in [3.05, 3.63) is 0 Å². The highest BCUT2D eigenvalue weighted by molar-refractivity contribution is 14.0. The van der Waals surface area contributed by atoms with Gasteiger partial charge in [0.05, 0.1) is 6.61 Å². The Hall–Kier alpha value is -0.0800. The van der Waals surface area contributed by atoms with Crippen LogP contribution in [0.4, 0.5) is 0 Å². The highest BCUT2D eigenvalue weighted by atomic mass is 127. The summed E-state index contributed by atoms with van der Waals surface area (Å²) >= 11 is 0. The molecule has 2 aliphatic rings. The predicted molar refractivity (Wildman–Crippen MR) is 98.6 cm³/mol. The lowest BCUT2D eigenvalue weighted by Gasteiger charge is -2.26. The molecule has 2 aliphatic heterocycles. The van der Waals surface area contributed by atoms with Crippen LogP contribution in [0.3, 0.4) is 0 Å². The van der Waals surface area contributed by atoms with Gasteiger partial charge in [-0.3, -0.25) is 4.99 Å². The zero-order valence-corrected chi connectivity index (χ0v) is 16.2. The summed E-state index contributed by atoms with van der Waals surface area (Å²) < 4.78 is 5.59. The van der Waals surface area contributed by atoms with E-state index in [2.05, 4.69) is 41.0 Å². The second kappa shape index (κ2) is 8.53. The first-order valence-corrected chi connectivity index (χ1v) is 7.80. The van der Waals surface area contributed by atoms with Crippen molar-refractivity contribution in [2.75, 3.05) is 53.5 Å². The Labute approximate surface area is 146 Å². The van der Waals surface area contributed by atoms with Gasteiger partial charge in [0.1, 0.15) is 0 Å². The Kier molecular flexibility index (Phi) is 7.70. The Morgan fingerprint density at radius 1 is 1.43 bits per heavy atom. The van der Waals surface area contributed by atoms with E-state index in [1.807, 2.05) is 7.05 Å². The van der Waals surface area contributed by atoms with Gasteiger partial charge >= 0.3 is 0 Å². The molecule has 0 aromatic heterocycles. The van der Waals surface area contributed by atoms with Crippen molar-refractivity contribution in [3.63, 3.8) is 0 Å². The summed E-state index contributed by atoms with van der Waals surface area (Å²) in [7, 11) is 4.04. The van der Waals surface area contributed by atoms with Crippen molar-refractivity contribution < 1.29 is 4.74 Å². The summed E-state index contributed by atoms with van der Waals surface area (Å²) in [6.07, 6.45) is 2.44. The number of hydrogen-bond donors (Lipinski definition) is 1. The molecule has 124 valence electrons. The number of likely N-dealkylation sites (N-methyl/N-ethyl adjacent to an activating group) is 1. The van der Waals surface area contributed by atoms with Crippen LogP contribution in [-0.4, -0.2) is 75.3 Å². The van der Waals surface area contributed by atoms with Crippen LogP contribution >= 0.6 is 24.0 Å². The predicted octanol–water partition coefficient (Wildman–Crippen LogP) is 1.63. The van der Waals surface area contributed by atoms with E-state index in [1.165, 1.54) is 12.8 Å². The van der Waals surface area contributed by atoms with Gasteiger partial charge < -0.3 is 19.9 Å². The molecule has 0 amide bonds. The highest BCUT2D eigenvalue weighted by Crippen LogP contribution is 2.38. The van der Waals surface area contributed by atoms with Gasteiger partial charge in [-0.15, -0.1) is 24.0 Å². The number of guanidine groups is 1. The van der Waals surface area contributed by atoms with Crippen molar-refractivity contribution in [2.24, 2.45) is 10.4 Å². The molecule has 0 bridgehead atoms. The maximum Gasteiger partial charge on any atom is 0.193 e. The molecule has 1 N–H and O–H groups in total. The summed E-state index contributed by atoms with van der Waals surface area (Å²) in [5.74, 6) is 1.05.